The highest BCUT2D eigenvalue weighted by Crippen LogP contribution is 2.48. The Kier molecular flexibility index (Phi) is 17.8. The van der Waals surface area contributed by atoms with Crippen LogP contribution in [0.25, 0.3) is 99.7 Å². The van der Waals surface area contributed by atoms with Crippen LogP contribution in [0.5, 0.6) is 0 Å². The van der Waals surface area contributed by atoms with E-state index in [-0.39, 0.29) is 17.5 Å². The van der Waals surface area contributed by atoms with Gasteiger partial charge in [-0.3, -0.25) is 0 Å². The lowest BCUT2D eigenvalue weighted by Crippen LogP contribution is -2.62. The summed E-state index contributed by atoms with van der Waals surface area (Å²) in [7, 11) is 0. The molecule has 2 aliphatic heterocycles. The highest BCUT2D eigenvalue weighted by Gasteiger charge is 2.44. The lowest BCUT2D eigenvalue weighted by atomic mass is 9.33. The van der Waals surface area contributed by atoms with E-state index in [4.69, 9.17) is 0 Å². The fourth-order valence-electron chi connectivity index (χ4n) is 16.9. The first-order valence-corrected chi connectivity index (χ1v) is 38.1. The molecule has 0 spiro atoms. The van der Waals surface area contributed by atoms with Crippen molar-refractivity contribution in [1.29, 1.82) is 0 Å². The Hall–Kier alpha value is -11.5. The lowest BCUT2D eigenvalue weighted by Gasteiger charge is -2.45. The van der Waals surface area contributed by atoms with Gasteiger partial charge in [0.15, 0.2) is 0 Å². The summed E-state index contributed by atoms with van der Waals surface area (Å²) in [6, 6.07) is 123. The van der Waals surface area contributed by atoms with Gasteiger partial charge in [-0.15, -0.1) is 0 Å². The maximum absolute atomic E-state index is 2.79. The largest absolute Gasteiger partial charge is 0.338 e. The summed E-state index contributed by atoms with van der Waals surface area (Å²) in [5.41, 5.74) is 36.3. The van der Waals surface area contributed by atoms with E-state index < -0.39 is 0 Å². The second kappa shape index (κ2) is 28.0. The molecular formula is C101H90BN3. The molecule has 17 rings (SSSR count). The topological polar surface area (TPSA) is 11.4 Å². The molecule has 0 bridgehead atoms. The molecule has 0 fully saturated rings. The van der Waals surface area contributed by atoms with Crippen molar-refractivity contribution in [1.82, 2.24) is 4.57 Å². The minimum absolute atomic E-state index is 0.0126. The predicted molar refractivity (Wildman–Crippen MR) is 450 cm³/mol. The van der Waals surface area contributed by atoms with Gasteiger partial charge in [0.25, 0.3) is 6.71 Å². The molecule has 0 atom stereocenters. The van der Waals surface area contributed by atoms with Crippen LogP contribution in [0.1, 0.15) is 108 Å². The average Bonchev–Trinajstić information content (AvgIpc) is 1.19. The zero-order valence-corrected chi connectivity index (χ0v) is 61.7. The number of aromatic nitrogens is 1. The number of aryl methyl sites for hydroxylation is 1. The molecule has 3 nitrogen and oxygen atoms in total. The smallest absolute Gasteiger partial charge is 0.252 e. The average molecular weight is 1360 g/mol. The SMILES string of the molecule is CCCCCCc1cc2c3c(c1)N(Cc1c(-c4ccccc4)cc(-c4ccccc4)cc1-c1ccccc1)c1cc(Cn4c5ccc(C(C)(C)C)cc5c5cc(C(C)(C)C)ccc54)ccc1B3c1cc(-c3ccccc3)ccc1N2Cc1c(-c2ccccc2)cc(-c2ccccc2)cc1-c1ccccc1. The fraction of sp³-hybridized carbons (Fsp3) is 0.168. The Morgan fingerprint density at radius 3 is 1.09 bits per heavy atom. The molecule has 0 saturated heterocycles. The monoisotopic (exact) mass is 1360 g/mol. The van der Waals surface area contributed by atoms with Crippen molar-refractivity contribution >= 4 is 67.7 Å². The summed E-state index contributed by atoms with van der Waals surface area (Å²) in [5, 5.41) is 2.63. The Balaban J connectivity index is 0.952. The maximum Gasteiger partial charge on any atom is 0.252 e. The van der Waals surface area contributed by atoms with Gasteiger partial charge in [0.05, 0.1) is 0 Å². The zero-order chi connectivity index (χ0) is 71.3. The van der Waals surface area contributed by atoms with E-state index >= 15 is 0 Å². The molecule has 0 unspecified atom stereocenters. The molecule has 4 heteroatoms. The van der Waals surface area contributed by atoms with Crippen LogP contribution < -0.4 is 26.2 Å². The quantitative estimate of drug-likeness (QED) is 0.0627. The molecule has 0 saturated carbocycles. The van der Waals surface area contributed by atoms with E-state index in [0.29, 0.717) is 19.6 Å². The maximum atomic E-state index is 2.79. The van der Waals surface area contributed by atoms with Gasteiger partial charge in [0.2, 0.25) is 0 Å². The summed E-state index contributed by atoms with van der Waals surface area (Å²) >= 11 is 0. The van der Waals surface area contributed by atoms with Gasteiger partial charge in [-0.1, -0.05) is 316 Å². The number of unbranched alkanes of at least 4 members (excludes halogenated alkanes) is 3. The van der Waals surface area contributed by atoms with Crippen LogP contribution in [0, 0.1) is 0 Å². The molecular weight excluding hydrogens is 1270 g/mol. The van der Waals surface area contributed by atoms with Gasteiger partial charge in [-0.05, 0) is 224 Å². The molecule has 15 aromatic rings. The molecule has 3 heterocycles. The van der Waals surface area contributed by atoms with Crippen LogP contribution in [0.3, 0.4) is 0 Å². The van der Waals surface area contributed by atoms with Crippen LogP contribution in [0.15, 0.2) is 322 Å². The van der Waals surface area contributed by atoms with E-state index in [1.807, 2.05) is 0 Å². The third-order valence-corrected chi connectivity index (χ3v) is 22.4. The summed E-state index contributed by atoms with van der Waals surface area (Å²) in [6.45, 7) is 18.2. The first-order chi connectivity index (χ1) is 51.3. The second-order valence-corrected chi connectivity index (χ2v) is 31.3. The molecule has 1 aromatic heterocycles. The van der Waals surface area contributed by atoms with E-state index in [2.05, 4.69) is 384 Å². The number of anilines is 4. The van der Waals surface area contributed by atoms with Crippen LogP contribution in [-0.4, -0.2) is 11.3 Å². The van der Waals surface area contributed by atoms with Gasteiger partial charge >= 0.3 is 0 Å². The highest BCUT2D eigenvalue weighted by molar-refractivity contribution is 7.00. The van der Waals surface area contributed by atoms with E-state index in [0.717, 1.165) is 12.8 Å². The minimum atomic E-state index is -0.121. The minimum Gasteiger partial charge on any atom is -0.338 e. The number of rotatable bonds is 18. The summed E-state index contributed by atoms with van der Waals surface area (Å²) in [4.78, 5) is 5.54. The Morgan fingerprint density at radius 2 is 0.676 bits per heavy atom. The van der Waals surface area contributed by atoms with Gasteiger partial charge in [0.1, 0.15) is 0 Å². The van der Waals surface area contributed by atoms with Crippen molar-refractivity contribution < 1.29 is 0 Å². The molecule has 512 valence electrons. The van der Waals surface area contributed by atoms with Crippen LogP contribution in [0.4, 0.5) is 22.7 Å². The summed E-state index contributed by atoms with van der Waals surface area (Å²) < 4.78 is 2.61. The van der Waals surface area contributed by atoms with Gasteiger partial charge in [-0.25, -0.2) is 0 Å². The summed E-state index contributed by atoms with van der Waals surface area (Å²) in [5.74, 6) is 0. The number of hydrogen-bond acceptors (Lipinski definition) is 2. The molecule has 14 aromatic carbocycles. The van der Waals surface area contributed by atoms with Gasteiger partial charge in [0, 0.05) is 64.2 Å². The van der Waals surface area contributed by atoms with Gasteiger partial charge < -0.3 is 14.4 Å². The number of hydrogen-bond donors (Lipinski definition) is 0. The third kappa shape index (κ3) is 12.9. The van der Waals surface area contributed by atoms with Gasteiger partial charge in [-0.2, -0.15) is 0 Å². The second-order valence-electron chi connectivity index (χ2n) is 31.3. The first-order valence-electron chi connectivity index (χ1n) is 38.1. The lowest BCUT2D eigenvalue weighted by molar-refractivity contribution is 0.590. The fourth-order valence-corrected chi connectivity index (χ4v) is 16.9. The molecule has 0 amide bonds. The molecule has 0 radical (unpaired) electrons. The van der Waals surface area contributed by atoms with Crippen molar-refractivity contribution in [3.63, 3.8) is 0 Å². The van der Waals surface area contributed by atoms with E-state index in [9.17, 15) is 0 Å². The van der Waals surface area contributed by atoms with E-state index in [1.54, 1.807) is 0 Å². The molecule has 2 aliphatic rings. The first kappa shape index (κ1) is 66.8. The highest BCUT2D eigenvalue weighted by atomic mass is 15.2. The standard InChI is InChI=1S/C101H90BN3/c1-8-9-10-18-33-69-56-97-99-98(57-69)105(68-90-85(76-44-29-16-30-45-76)61-80(73-38-23-13-24-39-73)62-86(90)77-46-31-17-32-47-77)96-58-70(66-103-93-54-50-81(100(2,3)4)64-87(93)88-65-82(101(5,6)7)51-55-94(88)103)48-52-91(96)102(99)92-63-78(71-34-19-11-20-35-71)49-53-95(92)104(97)67-89-83(74-40-25-14-26-41-74)59-79(72-36-21-12-22-37-72)60-84(89)75-42-27-15-28-43-75/h11-17,19-32,34-65H,8-10,18,33,66-68H2,1-7H3. The predicted octanol–water partition coefficient (Wildman–Crippen LogP) is 25.0. The Labute approximate surface area is 621 Å². The third-order valence-electron chi connectivity index (χ3n) is 22.4. The molecule has 0 aliphatic carbocycles. The van der Waals surface area contributed by atoms with Crippen LogP contribution in [0.2, 0.25) is 0 Å². The van der Waals surface area contributed by atoms with Crippen molar-refractivity contribution in [2.45, 2.75) is 111 Å². The number of fused-ring (bicyclic) bond motifs is 7. The van der Waals surface area contributed by atoms with E-state index in [1.165, 1.54) is 191 Å². The normalized spacial score (nSPS) is 12.6. The number of nitrogens with zero attached hydrogens (tertiary/aromatic N) is 3. The zero-order valence-electron chi connectivity index (χ0n) is 61.7. The van der Waals surface area contributed by atoms with Crippen molar-refractivity contribution in [2.24, 2.45) is 0 Å². The Bertz CT molecular complexity index is 5480. The van der Waals surface area contributed by atoms with Crippen LogP contribution in [-0.2, 0) is 36.9 Å². The Morgan fingerprint density at radius 1 is 0.286 bits per heavy atom. The van der Waals surface area contributed by atoms with Crippen LogP contribution >= 0.6 is 0 Å². The van der Waals surface area contributed by atoms with Crippen molar-refractivity contribution in [2.75, 3.05) is 9.80 Å². The number of benzene rings is 14. The van der Waals surface area contributed by atoms with Crippen molar-refractivity contribution in [3.05, 3.63) is 355 Å². The molecule has 105 heavy (non-hydrogen) atoms. The van der Waals surface area contributed by atoms with Crippen molar-refractivity contribution in [3.8, 4) is 77.9 Å². The summed E-state index contributed by atoms with van der Waals surface area (Å²) in [6.07, 6.45) is 5.64. The molecule has 0 N–H and O–H groups in total.